The molecule has 27 heavy (non-hydrogen) atoms. The van der Waals surface area contributed by atoms with Crippen LogP contribution in [-0.2, 0) is 21.7 Å². The summed E-state index contributed by atoms with van der Waals surface area (Å²) in [7, 11) is 0. The lowest BCUT2D eigenvalue weighted by Crippen LogP contribution is -2.43. The summed E-state index contributed by atoms with van der Waals surface area (Å²) < 4.78 is 12.9. The van der Waals surface area contributed by atoms with Crippen molar-refractivity contribution < 1.29 is 18.8 Å². The third-order valence-corrected chi connectivity index (χ3v) is 4.61. The van der Waals surface area contributed by atoms with Gasteiger partial charge in [0, 0.05) is 6.54 Å². The first-order valence-corrected chi connectivity index (χ1v) is 8.52. The lowest BCUT2D eigenvalue weighted by atomic mass is 9.91. The fraction of sp³-hybridized carbons (Fsp3) is 0.250. The van der Waals surface area contributed by atoms with Crippen LogP contribution >= 0.6 is 0 Å². The number of imide groups is 1. The van der Waals surface area contributed by atoms with E-state index in [-0.39, 0.29) is 18.9 Å². The summed E-state index contributed by atoms with van der Waals surface area (Å²) in [4.78, 5) is 38.1. The molecule has 1 heterocycles. The van der Waals surface area contributed by atoms with Crippen LogP contribution in [0, 0.1) is 12.7 Å². The van der Waals surface area contributed by atoms with Crippen molar-refractivity contribution in [3.63, 3.8) is 0 Å². The summed E-state index contributed by atoms with van der Waals surface area (Å²) in [5, 5.41) is 5.29. The Hall–Kier alpha value is -3.22. The van der Waals surface area contributed by atoms with Crippen molar-refractivity contribution in [3.05, 3.63) is 71.0 Å². The number of hydrogen-bond donors (Lipinski definition) is 2. The average Bonchev–Trinajstić information content (AvgIpc) is 2.86. The van der Waals surface area contributed by atoms with Crippen LogP contribution in [0.4, 0.5) is 9.18 Å². The van der Waals surface area contributed by atoms with E-state index in [0.29, 0.717) is 11.1 Å². The largest absolute Gasteiger partial charge is 0.350 e. The van der Waals surface area contributed by atoms with Gasteiger partial charge in [0.1, 0.15) is 17.9 Å². The van der Waals surface area contributed by atoms with Gasteiger partial charge in [0.25, 0.3) is 5.91 Å². The molecule has 2 aromatic carbocycles. The standard InChI is InChI=1S/C20H20FN3O3/c1-13-3-7-15(8-4-13)20(2)18(26)24(19(27)23-20)12-17(25)22-11-14-5-9-16(21)10-6-14/h3-10H,11-12H2,1-2H3,(H,22,25)(H,23,27)/t20-/m0/s1. The fourth-order valence-electron chi connectivity index (χ4n) is 2.93. The number of urea groups is 1. The summed E-state index contributed by atoms with van der Waals surface area (Å²) in [6.07, 6.45) is 0. The molecule has 1 aliphatic heterocycles. The molecule has 1 saturated heterocycles. The van der Waals surface area contributed by atoms with Crippen LogP contribution in [0.3, 0.4) is 0 Å². The van der Waals surface area contributed by atoms with E-state index in [4.69, 9.17) is 0 Å². The molecule has 0 bridgehead atoms. The van der Waals surface area contributed by atoms with Gasteiger partial charge in [-0.05, 0) is 37.1 Å². The van der Waals surface area contributed by atoms with Crippen LogP contribution < -0.4 is 10.6 Å². The van der Waals surface area contributed by atoms with Gasteiger partial charge in [-0.15, -0.1) is 0 Å². The Morgan fingerprint density at radius 2 is 1.74 bits per heavy atom. The summed E-state index contributed by atoms with van der Waals surface area (Å²) in [5.74, 6) is -1.32. The van der Waals surface area contributed by atoms with E-state index >= 15 is 0 Å². The van der Waals surface area contributed by atoms with Crippen LogP contribution in [0.2, 0.25) is 0 Å². The number of benzene rings is 2. The summed E-state index contributed by atoms with van der Waals surface area (Å²) in [5.41, 5.74) is 1.20. The van der Waals surface area contributed by atoms with Gasteiger partial charge in [-0.2, -0.15) is 0 Å². The third-order valence-electron chi connectivity index (χ3n) is 4.61. The summed E-state index contributed by atoms with van der Waals surface area (Å²) >= 11 is 0. The number of amides is 4. The van der Waals surface area contributed by atoms with E-state index in [0.717, 1.165) is 10.5 Å². The van der Waals surface area contributed by atoms with Crippen LogP contribution in [0.15, 0.2) is 48.5 Å². The van der Waals surface area contributed by atoms with E-state index in [9.17, 15) is 18.8 Å². The van der Waals surface area contributed by atoms with Gasteiger partial charge in [0.05, 0.1) is 0 Å². The SMILES string of the molecule is Cc1ccc([C@]2(C)NC(=O)N(CC(=O)NCc3ccc(F)cc3)C2=O)cc1. The molecule has 0 aromatic heterocycles. The van der Waals surface area contributed by atoms with Gasteiger partial charge in [-0.3, -0.25) is 14.5 Å². The number of carbonyl (C=O) groups excluding carboxylic acids is 3. The van der Waals surface area contributed by atoms with Crippen molar-refractivity contribution in [3.8, 4) is 0 Å². The Morgan fingerprint density at radius 1 is 1.11 bits per heavy atom. The number of hydrogen-bond acceptors (Lipinski definition) is 3. The third kappa shape index (κ3) is 3.81. The highest BCUT2D eigenvalue weighted by molar-refractivity contribution is 6.09. The van der Waals surface area contributed by atoms with Crippen molar-refractivity contribution in [1.29, 1.82) is 0 Å². The summed E-state index contributed by atoms with van der Waals surface area (Å²) in [6.45, 7) is 3.35. The van der Waals surface area contributed by atoms with Crippen LogP contribution in [0.1, 0.15) is 23.6 Å². The van der Waals surface area contributed by atoms with E-state index in [1.807, 2.05) is 19.1 Å². The van der Waals surface area contributed by atoms with Crippen LogP contribution in [-0.4, -0.2) is 29.3 Å². The predicted molar refractivity (Wildman–Crippen MR) is 97.0 cm³/mol. The van der Waals surface area contributed by atoms with Gasteiger partial charge in [-0.25, -0.2) is 9.18 Å². The van der Waals surface area contributed by atoms with Crippen molar-refractivity contribution in [2.45, 2.75) is 25.9 Å². The maximum atomic E-state index is 12.9. The highest BCUT2D eigenvalue weighted by Crippen LogP contribution is 2.28. The van der Waals surface area contributed by atoms with Crippen LogP contribution in [0.5, 0.6) is 0 Å². The molecule has 2 aromatic rings. The van der Waals surface area contributed by atoms with Crippen molar-refractivity contribution in [2.24, 2.45) is 0 Å². The topological polar surface area (TPSA) is 78.5 Å². The molecule has 0 saturated carbocycles. The zero-order valence-corrected chi connectivity index (χ0v) is 15.1. The number of rotatable bonds is 5. The normalized spacial score (nSPS) is 19.1. The van der Waals surface area contributed by atoms with Crippen molar-refractivity contribution >= 4 is 17.8 Å². The smallest absolute Gasteiger partial charge is 0.325 e. The molecule has 0 radical (unpaired) electrons. The molecule has 0 spiro atoms. The van der Waals surface area contributed by atoms with Crippen molar-refractivity contribution in [2.75, 3.05) is 6.54 Å². The second-order valence-electron chi connectivity index (χ2n) is 6.72. The molecule has 1 atom stereocenters. The Balaban J connectivity index is 1.65. The quantitative estimate of drug-likeness (QED) is 0.794. The number of halogens is 1. The maximum Gasteiger partial charge on any atom is 0.325 e. The molecule has 1 fully saturated rings. The minimum Gasteiger partial charge on any atom is -0.350 e. The van der Waals surface area contributed by atoms with Crippen LogP contribution in [0.25, 0.3) is 0 Å². The fourth-order valence-corrected chi connectivity index (χ4v) is 2.93. The number of nitrogens with zero attached hydrogens (tertiary/aromatic N) is 1. The monoisotopic (exact) mass is 369 g/mol. The second-order valence-corrected chi connectivity index (χ2v) is 6.72. The van der Waals surface area contributed by atoms with Gasteiger partial charge in [0.2, 0.25) is 5.91 Å². The van der Waals surface area contributed by atoms with Gasteiger partial charge in [-0.1, -0.05) is 42.0 Å². The summed E-state index contributed by atoms with van der Waals surface area (Å²) in [6, 6.07) is 12.4. The highest BCUT2D eigenvalue weighted by Gasteiger charge is 2.49. The maximum absolute atomic E-state index is 12.9. The second kappa shape index (κ2) is 7.19. The zero-order valence-electron chi connectivity index (χ0n) is 15.1. The molecule has 7 heteroatoms. The average molecular weight is 369 g/mol. The molecule has 4 amide bonds. The molecule has 0 unspecified atom stereocenters. The molecular formula is C20H20FN3O3. The number of nitrogens with one attached hydrogen (secondary N) is 2. The van der Waals surface area contributed by atoms with E-state index in [2.05, 4.69) is 10.6 Å². The Labute approximate surface area is 156 Å². The van der Waals surface area contributed by atoms with Gasteiger partial charge < -0.3 is 10.6 Å². The minimum absolute atomic E-state index is 0.179. The Kier molecular flexibility index (Phi) is 4.94. The molecular weight excluding hydrogens is 349 g/mol. The lowest BCUT2D eigenvalue weighted by Gasteiger charge is -2.22. The lowest BCUT2D eigenvalue weighted by molar-refractivity contribution is -0.134. The molecule has 0 aliphatic carbocycles. The first-order chi connectivity index (χ1) is 12.8. The first-order valence-electron chi connectivity index (χ1n) is 8.52. The predicted octanol–water partition coefficient (Wildman–Crippen LogP) is 2.22. The molecule has 140 valence electrons. The van der Waals surface area contributed by atoms with Gasteiger partial charge in [0.15, 0.2) is 0 Å². The van der Waals surface area contributed by atoms with E-state index < -0.39 is 23.4 Å². The highest BCUT2D eigenvalue weighted by atomic mass is 19.1. The first kappa shape index (κ1) is 18.6. The van der Waals surface area contributed by atoms with E-state index in [1.165, 1.54) is 12.1 Å². The molecule has 3 rings (SSSR count). The van der Waals surface area contributed by atoms with Crippen molar-refractivity contribution in [1.82, 2.24) is 15.5 Å². The number of carbonyl (C=O) groups is 3. The minimum atomic E-state index is -1.21. The number of aryl methyl sites for hydroxylation is 1. The Bertz CT molecular complexity index is 880. The molecule has 6 nitrogen and oxygen atoms in total. The van der Waals surface area contributed by atoms with E-state index in [1.54, 1.807) is 31.2 Å². The molecule has 1 aliphatic rings. The zero-order chi connectivity index (χ0) is 19.6. The van der Waals surface area contributed by atoms with Gasteiger partial charge >= 0.3 is 6.03 Å². The molecule has 2 N–H and O–H groups in total. The Morgan fingerprint density at radius 3 is 2.37 bits per heavy atom.